The van der Waals surface area contributed by atoms with Gasteiger partial charge < -0.3 is 5.73 Å². The van der Waals surface area contributed by atoms with Crippen LogP contribution in [0.1, 0.15) is 19.8 Å². The highest BCUT2D eigenvalue weighted by molar-refractivity contribution is 7.89. The maximum atomic E-state index is 12.5. The van der Waals surface area contributed by atoms with Gasteiger partial charge in [-0.05, 0) is 43.9 Å². The molecule has 6 heteroatoms. The zero-order chi connectivity index (χ0) is 14.0. The summed E-state index contributed by atoms with van der Waals surface area (Å²) in [5.41, 5.74) is 5.87. The van der Waals surface area contributed by atoms with E-state index in [0.29, 0.717) is 24.0 Å². The summed E-state index contributed by atoms with van der Waals surface area (Å²) in [6.07, 6.45) is 1.63. The molecule has 1 heterocycles. The second-order valence-corrected chi connectivity index (χ2v) is 7.43. The first-order chi connectivity index (χ1) is 8.91. The van der Waals surface area contributed by atoms with E-state index >= 15 is 0 Å². The number of piperidine rings is 1. The van der Waals surface area contributed by atoms with Gasteiger partial charge in [0.25, 0.3) is 0 Å². The van der Waals surface area contributed by atoms with Crippen molar-refractivity contribution in [2.24, 2.45) is 11.7 Å². The van der Waals surface area contributed by atoms with E-state index in [0.717, 1.165) is 12.8 Å². The molecule has 0 saturated carbocycles. The van der Waals surface area contributed by atoms with Crippen molar-refractivity contribution in [3.05, 3.63) is 29.3 Å². The Labute approximate surface area is 119 Å². The van der Waals surface area contributed by atoms with E-state index in [4.69, 9.17) is 17.3 Å². The number of hydrogen-bond acceptors (Lipinski definition) is 3. The van der Waals surface area contributed by atoms with Crippen LogP contribution in [0, 0.1) is 5.92 Å². The van der Waals surface area contributed by atoms with Gasteiger partial charge in [-0.1, -0.05) is 17.7 Å². The molecule has 4 nitrogen and oxygen atoms in total. The van der Waals surface area contributed by atoms with Crippen molar-refractivity contribution < 1.29 is 8.42 Å². The molecular formula is C13H19ClN2O2S. The van der Waals surface area contributed by atoms with Gasteiger partial charge >= 0.3 is 0 Å². The first kappa shape index (κ1) is 14.8. The third-order valence-corrected chi connectivity index (χ3v) is 5.81. The van der Waals surface area contributed by atoms with Gasteiger partial charge in [0.15, 0.2) is 0 Å². The summed E-state index contributed by atoms with van der Waals surface area (Å²) in [6.45, 7) is 3.04. The molecule has 0 aliphatic carbocycles. The third kappa shape index (κ3) is 3.28. The quantitative estimate of drug-likeness (QED) is 0.930. The summed E-state index contributed by atoms with van der Waals surface area (Å²) in [6, 6.07) is 6.52. The van der Waals surface area contributed by atoms with Gasteiger partial charge in [0.1, 0.15) is 0 Å². The fraction of sp³-hybridized carbons (Fsp3) is 0.538. The normalized spacial score (nSPS) is 20.4. The van der Waals surface area contributed by atoms with Crippen LogP contribution >= 0.6 is 11.6 Å². The molecule has 0 radical (unpaired) electrons. The second kappa shape index (κ2) is 5.79. The Morgan fingerprint density at radius 1 is 1.37 bits per heavy atom. The van der Waals surface area contributed by atoms with Crippen molar-refractivity contribution in [2.75, 3.05) is 13.1 Å². The highest BCUT2D eigenvalue weighted by Gasteiger charge is 2.30. The van der Waals surface area contributed by atoms with E-state index in [2.05, 4.69) is 0 Å². The smallest absolute Gasteiger partial charge is 0.243 e. The molecule has 0 bridgehead atoms. The van der Waals surface area contributed by atoms with E-state index in [9.17, 15) is 8.42 Å². The van der Waals surface area contributed by atoms with Crippen molar-refractivity contribution in [1.29, 1.82) is 0 Å². The third-order valence-electron chi connectivity index (χ3n) is 3.68. The van der Waals surface area contributed by atoms with Crippen molar-refractivity contribution in [2.45, 2.75) is 30.7 Å². The van der Waals surface area contributed by atoms with Crippen molar-refractivity contribution in [1.82, 2.24) is 4.31 Å². The fourth-order valence-electron chi connectivity index (χ4n) is 2.42. The van der Waals surface area contributed by atoms with Crippen LogP contribution in [-0.2, 0) is 10.0 Å². The van der Waals surface area contributed by atoms with Gasteiger partial charge in [0.2, 0.25) is 10.0 Å². The fourth-order valence-corrected chi connectivity index (χ4v) is 4.19. The first-order valence-electron chi connectivity index (χ1n) is 6.42. The number of halogens is 1. The Balaban J connectivity index is 2.14. The lowest BCUT2D eigenvalue weighted by Crippen LogP contribution is -2.42. The first-order valence-corrected chi connectivity index (χ1v) is 8.24. The Morgan fingerprint density at radius 3 is 2.53 bits per heavy atom. The molecule has 0 amide bonds. The number of nitrogens with two attached hydrogens (primary N) is 1. The van der Waals surface area contributed by atoms with E-state index in [1.54, 1.807) is 18.2 Å². The monoisotopic (exact) mass is 302 g/mol. The number of hydrogen-bond donors (Lipinski definition) is 1. The topological polar surface area (TPSA) is 63.4 Å². The summed E-state index contributed by atoms with van der Waals surface area (Å²) in [7, 11) is -3.43. The van der Waals surface area contributed by atoms with Crippen molar-refractivity contribution in [3.63, 3.8) is 0 Å². The lowest BCUT2D eigenvalue weighted by Gasteiger charge is -2.32. The molecule has 1 aliphatic heterocycles. The van der Waals surface area contributed by atoms with Crippen molar-refractivity contribution >= 4 is 21.6 Å². The lowest BCUT2D eigenvalue weighted by atomic mass is 9.92. The Morgan fingerprint density at radius 2 is 2.00 bits per heavy atom. The minimum atomic E-state index is -3.43. The summed E-state index contributed by atoms with van der Waals surface area (Å²) in [4.78, 5) is 0.263. The molecule has 2 N–H and O–H groups in total. The molecule has 106 valence electrons. The van der Waals surface area contributed by atoms with Gasteiger partial charge in [-0.25, -0.2) is 8.42 Å². The van der Waals surface area contributed by atoms with Crippen LogP contribution in [0.15, 0.2) is 29.2 Å². The van der Waals surface area contributed by atoms with Gasteiger partial charge in [-0.3, -0.25) is 0 Å². The molecule has 1 aromatic rings. The number of sulfonamides is 1. The molecular weight excluding hydrogens is 284 g/mol. The SMILES string of the molecule is CC(N)C1CCN(S(=O)(=O)c2cccc(Cl)c2)CC1. The molecule has 1 unspecified atom stereocenters. The van der Waals surface area contributed by atoms with Gasteiger partial charge in [-0.15, -0.1) is 0 Å². The molecule has 0 aromatic heterocycles. The minimum absolute atomic E-state index is 0.121. The van der Waals surface area contributed by atoms with Crippen LogP contribution in [0.2, 0.25) is 5.02 Å². The predicted octanol–water partition coefficient (Wildman–Crippen LogP) is 2.09. The Hall–Kier alpha value is -0.620. The Kier molecular flexibility index (Phi) is 4.50. The van der Waals surface area contributed by atoms with Gasteiger partial charge in [0, 0.05) is 24.2 Å². The second-order valence-electron chi connectivity index (χ2n) is 5.06. The van der Waals surface area contributed by atoms with E-state index in [1.165, 1.54) is 10.4 Å². The molecule has 1 aliphatic rings. The lowest BCUT2D eigenvalue weighted by molar-refractivity contribution is 0.250. The molecule has 19 heavy (non-hydrogen) atoms. The predicted molar refractivity (Wildman–Crippen MR) is 76.6 cm³/mol. The number of rotatable bonds is 3. The summed E-state index contributed by atoms with van der Waals surface area (Å²) in [5.74, 6) is 0.408. The van der Waals surface area contributed by atoms with Crippen LogP contribution < -0.4 is 5.73 Å². The average Bonchev–Trinajstić information content (AvgIpc) is 2.39. The summed E-state index contributed by atoms with van der Waals surface area (Å²) >= 11 is 5.86. The number of nitrogens with zero attached hydrogens (tertiary/aromatic N) is 1. The van der Waals surface area contributed by atoms with E-state index < -0.39 is 10.0 Å². The largest absolute Gasteiger partial charge is 0.328 e. The Bertz CT molecular complexity index is 537. The van der Waals surface area contributed by atoms with Gasteiger partial charge in [-0.2, -0.15) is 4.31 Å². The average molecular weight is 303 g/mol. The van der Waals surface area contributed by atoms with Crippen LogP contribution in [0.4, 0.5) is 0 Å². The number of benzene rings is 1. The van der Waals surface area contributed by atoms with Crippen LogP contribution in [0.3, 0.4) is 0 Å². The van der Waals surface area contributed by atoms with Crippen LogP contribution in [0.5, 0.6) is 0 Å². The zero-order valence-corrected chi connectivity index (χ0v) is 12.5. The standard InChI is InChI=1S/C13H19ClN2O2S/c1-10(15)11-5-7-16(8-6-11)19(17,18)13-4-2-3-12(14)9-13/h2-4,9-11H,5-8,15H2,1H3. The molecule has 1 saturated heterocycles. The minimum Gasteiger partial charge on any atom is -0.328 e. The zero-order valence-electron chi connectivity index (χ0n) is 10.9. The van der Waals surface area contributed by atoms with E-state index in [-0.39, 0.29) is 10.9 Å². The van der Waals surface area contributed by atoms with Crippen LogP contribution in [-0.4, -0.2) is 31.9 Å². The molecule has 2 rings (SSSR count). The van der Waals surface area contributed by atoms with Crippen LogP contribution in [0.25, 0.3) is 0 Å². The van der Waals surface area contributed by atoms with Crippen molar-refractivity contribution in [3.8, 4) is 0 Å². The summed E-state index contributed by atoms with van der Waals surface area (Å²) in [5, 5.41) is 0.437. The van der Waals surface area contributed by atoms with Gasteiger partial charge in [0.05, 0.1) is 4.90 Å². The highest BCUT2D eigenvalue weighted by Crippen LogP contribution is 2.26. The molecule has 1 atom stereocenters. The maximum absolute atomic E-state index is 12.5. The molecule has 0 spiro atoms. The molecule has 1 fully saturated rings. The maximum Gasteiger partial charge on any atom is 0.243 e. The van der Waals surface area contributed by atoms with E-state index in [1.807, 2.05) is 6.92 Å². The molecule has 1 aromatic carbocycles. The summed E-state index contributed by atoms with van der Waals surface area (Å²) < 4.78 is 26.4. The highest BCUT2D eigenvalue weighted by atomic mass is 35.5.